The van der Waals surface area contributed by atoms with Crippen molar-refractivity contribution in [3.63, 3.8) is 0 Å². The van der Waals surface area contributed by atoms with Gasteiger partial charge in [-0.25, -0.2) is 9.67 Å². The Bertz CT molecular complexity index is 1410. The number of carbonyl (C=O) groups excluding carboxylic acids is 1. The maximum absolute atomic E-state index is 13.5. The third-order valence-corrected chi connectivity index (χ3v) is 5.88. The molecule has 35 heavy (non-hydrogen) atoms. The second-order valence-electron chi connectivity index (χ2n) is 8.50. The largest absolute Gasteiger partial charge is 0.342 e. The maximum atomic E-state index is 13.5. The summed E-state index contributed by atoms with van der Waals surface area (Å²) in [7, 11) is 0. The minimum Gasteiger partial charge on any atom is -0.342 e. The topological polar surface area (TPSA) is 59.8 Å². The maximum Gasteiger partial charge on any atom is 0.291 e. The fourth-order valence-corrected chi connectivity index (χ4v) is 4.13. The minimum atomic E-state index is -0.307. The smallest absolute Gasteiger partial charge is 0.291 e. The van der Waals surface area contributed by atoms with Gasteiger partial charge in [-0.15, -0.1) is 5.10 Å². The molecule has 1 N–H and O–H groups in total. The van der Waals surface area contributed by atoms with E-state index >= 15 is 0 Å². The Morgan fingerprint density at radius 2 is 1.49 bits per heavy atom. The summed E-state index contributed by atoms with van der Waals surface area (Å²) in [6, 6.07) is 37.8. The summed E-state index contributed by atoms with van der Waals surface area (Å²) in [6.07, 6.45) is 0.667. The Kier molecular flexibility index (Phi) is 6.48. The number of carbonyl (C=O) groups is 1. The van der Waals surface area contributed by atoms with Gasteiger partial charge in [0, 0.05) is 5.56 Å². The molecular formula is C30H26N4O. The van der Waals surface area contributed by atoms with Crippen LogP contribution in [0.2, 0.25) is 0 Å². The zero-order chi connectivity index (χ0) is 24.0. The summed E-state index contributed by atoms with van der Waals surface area (Å²) in [4.78, 5) is 18.1. The lowest BCUT2D eigenvalue weighted by atomic mass is 9.99. The average Bonchev–Trinajstić information content (AvgIpc) is 3.36. The van der Waals surface area contributed by atoms with Gasteiger partial charge in [-0.3, -0.25) is 4.79 Å². The molecule has 1 amide bonds. The van der Waals surface area contributed by atoms with Crippen LogP contribution >= 0.6 is 0 Å². The van der Waals surface area contributed by atoms with Crippen LogP contribution in [0.5, 0.6) is 0 Å². The monoisotopic (exact) mass is 458 g/mol. The molecule has 0 spiro atoms. The van der Waals surface area contributed by atoms with Crippen molar-refractivity contribution in [2.75, 3.05) is 0 Å². The van der Waals surface area contributed by atoms with E-state index in [9.17, 15) is 4.79 Å². The van der Waals surface area contributed by atoms with Crippen LogP contribution in [0.1, 0.15) is 33.4 Å². The van der Waals surface area contributed by atoms with E-state index in [1.54, 1.807) is 4.68 Å². The molecule has 0 bridgehead atoms. The zero-order valence-electron chi connectivity index (χ0n) is 19.5. The highest BCUT2D eigenvalue weighted by molar-refractivity contribution is 5.91. The minimum absolute atomic E-state index is 0.138. The summed E-state index contributed by atoms with van der Waals surface area (Å²) in [5, 5.41) is 7.82. The lowest BCUT2D eigenvalue weighted by Crippen LogP contribution is -2.31. The second kappa shape index (κ2) is 10.2. The summed E-state index contributed by atoms with van der Waals surface area (Å²) < 4.78 is 1.74. The van der Waals surface area contributed by atoms with E-state index in [1.165, 1.54) is 0 Å². The lowest BCUT2D eigenvalue weighted by Gasteiger charge is -2.18. The molecule has 4 aromatic carbocycles. The first kappa shape index (κ1) is 22.3. The van der Waals surface area contributed by atoms with Crippen LogP contribution in [-0.4, -0.2) is 20.7 Å². The number of amides is 1. The van der Waals surface area contributed by atoms with Gasteiger partial charge in [-0.1, -0.05) is 103 Å². The van der Waals surface area contributed by atoms with Gasteiger partial charge in [0.15, 0.2) is 5.82 Å². The van der Waals surface area contributed by atoms with Crippen molar-refractivity contribution in [2.45, 2.75) is 19.4 Å². The first-order valence-electron chi connectivity index (χ1n) is 11.7. The Hall–Kier alpha value is -4.51. The Balaban J connectivity index is 1.50. The third kappa shape index (κ3) is 5.20. The van der Waals surface area contributed by atoms with Crippen LogP contribution in [0.25, 0.3) is 17.1 Å². The summed E-state index contributed by atoms with van der Waals surface area (Å²) in [5.74, 6) is 0.457. The van der Waals surface area contributed by atoms with Crippen LogP contribution in [0.4, 0.5) is 0 Å². The first-order valence-corrected chi connectivity index (χ1v) is 11.7. The molecule has 5 nitrogen and oxygen atoms in total. The van der Waals surface area contributed by atoms with E-state index in [0.29, 0.717) is 12.2 Å². The molecule has 0 fully saturated rings. The predicted octanol–water partition coefficient (Wildman–Crippen LogP) is 5.96. The van der Waals surface area contributed by atoms with E-state index in [0.717, 1.165) is 27.9 Å². The van der Waals surface area contributed by atoms with Crippen LogP contribution in [-0.2, 0) is 6.42 Å². The van der Waals surface area contributed by atoms with Gasteiger partial charge >= 0.3 is 0 Å². The van der Waals surface area contributed by atoms with Crippen LogP contribution in [0, 0.1) is 6.92 Å². The molecule has 0 aliphatic carbocycles. The van der Waals surface area contributed by atoms with Crippen molar-refractivity contribution in [1.82, 2.24) is 20.1 Å². The van der Waals surface area contributed by atoms with E-state index in [4.69, 9.17) is 0 Å². The normalized spacial score (nSPS) is 11.7. The molecule has 0 aliphatic heterocycles. The first-order chi connectivity index (χ1) is 17.2. The number of nitrogens with one attached hydrogen (secondary N) is 1. The van der Waals surface area contributed by atoms with E-state index in [-0.39, 0.29) is 17.8 Å². The lowest BCUT2D eigenvalue weighted by molar-refractivity contribution is 0.0926. The van der Waals surface area contributed by atoms with E-state index < -0.39 is 0 Å². The van der Waals surface area contributed by atoms with Crippen molar-refractivity contribution in [3.05, 3.63) is 138 Å². The molecule has 1 unspecified atom stereocenters. The second-order valence-corrected chi connectivity index (χ2v) is 8.50. The standard InChI is InChI=1S/C30H26N4O/c1-22-12-11-19-26(20-22)34-29(25-17-9-4-10-18-25)32-28(33-34)30(35)31-27(24-15-7-3-8-16-24)21-23-13-5-2-6-14-23/h2-20,27H,21H2,1H3,(H,31,35). The highest BCUT2D eigenvalue weighted by Gasteiger charge is 2.22. The highest BCUT2D eigenvalue weighted by atomic mass is 16.2. The number of nitrogens with zero attached hydrogens (tertiary/aromatic N) is 3. The Morgan fingerprint density at radius 1 is 0.829 bits per heavy atom. The molecular weight excluding hydrogens is 432 g/mol. The van der Waals surface area contributed by atoms with Gasteiger partial charge in [-0.05, 0) is 42.2 Å². The summed E-state index contributed by atoms with van der Waals surface area (Å²) in [5.41, 5.74) is 5.04. The van der Waals surface area contributed by atoms with Gasteiger partial charge < -0.3 is 5.32 Å². The van der Waals surface area contributed by atoms with Crippen molar-refractivity contribution >= 4 is 5.91 Å². The van der Waals surface area contributed by atoms with Gasteiger partial charge in [0.2, 0.25) is 5.82 Å². The Morgan fingerprint density at radius 3 is 2.17 bits per heavy atom. The van der Waals surface area contributed by atoms with Gasteiger partial charge in [0.05, 0.1) is 11.7 Å². The number of aromatic nitrogens is 3. The fourth-order valence-electron chi connectivity index (χ4n) is 4.13. The van der Waals surface area contributed by atoms with Crippen molar-refractivity contribution < 1.29 is 4.79 Å². The zero-order valence-corrected chi connectivity index (χ0v) is 19.5. The van der Waals surface area contributed by atoms with Crippen molar-refractivity contribution in [3.8, 4) is 17.1 Å². The number of hydrogen-bond acceptors (Lipinski definition) is 3. The van der Waals surface area contributed by atoms with Gasteiger partial charge in [0.25, 0.3) is 5.91 Å². The van der Waals surface area contributed by atoms with Gasteiger partial charge in [0.1, 0.15) is 0 Å². The molecule has 172 valence electrons. The average molecular weight is 459 g/mol. The molecule has 1 heterocycles. The number of aryl methyl sites for hydroxylation is 1. The van der Waals surface area contributed by atoms with Crippen molar-refractivity contribution in [2.24, 2.45) is 0 Å². The fraction of sp³-hybridized carbons (Fsp3) is 0.100. The van der Waals surface area contributed by atoms with E-state index in [2.05, 4.69) is 27.5 Å². The summed E-state index contributed by atoms with van der Waals surface area (Å²) in [6.45, 7) is 2.03. The molecule has 1 aromatic heterocycles. The highest BCUT2D eigenvalue weighted by Crippen LogP contribution is 2.23. The summed E-state index contributed by atoms with van der Waals surface area (Å²) >= 11 is 0. The molecule has 5 aromatic rings. The van der Waals surface area contributed by atoms with Crippen LogP contribution < -0.4 is 5.32 Å². The third-order valence-electron chi connectivity index (χ3n) is 5.88. The quantitative estimate of drug-likeness (QED) is 0.328. The van der Waals surface area contributed by atoms with Gasteiger partial charge in [-0.2, -0.15) is 0 Å². The number of hydrogen-bond donors (Lipinski definition) is 1. The molecule has 0 saturated heterocycles. The molecule has 5 rings (SSSR count). The molecule has 1 atom stereocenters. The predicted molar refractivity (Wildman–Crippen MR) is 138 cm³/mol. The Labute approximate surface area is 205 Å². The molecule has 5 heteroatoms. The number of rotatable bonds is 7. The van der Waals surface area contributed by atoms with Crippen molar-refractivity contribution in [1.29, 1.82) is 0 Å². The van der Waals surface area contributed by atoms with Crippen LogP contribution in [0.15, 0.2) is 115 Å². The van der Waals surface area contributed by atoms with E-state index in [1.807, 2.05) is 110 Å². The molecule has 0 aliphatic rings. The number of benzene rings is 4. The van der Waals surface area contributed by atoms with Crippen LogP contribution in [0.3, 0.4) is 0 Å². The molecule has 0 radical (unpaired) electrons. The molecule has 0 saturated carbocycles. The SMILES string of the molecule is Cc1cccc(-n2nc(C(=O)NC(Cc3ccccc3)c3ccccc3)nc2-c2ccccc2)c1.